The van der Waals surface area contributed by atoms with Crippen LogP contribution in [0, 0.1) is 5.41 Å². The van der Waals surface area contributed by atoms with E-state index >= 15 is 0 Å². The van der Waals surface area contributed by atoms with Gasteiger partial charge in [0.15, 0.2) is 0 Å². The van der Waals surface area contributed by atoms with Gasteiger partial charge in [-0.05, 0) is 44.4 Å². The minimum absolute atomic E-state index is 0.00775. The zero-order chi connectivity index (χ0) is 11.6. The van der Waals surface area contributed by atoms with Crippen molar-refractivity contribution in [3.63, 3.8) is 0 Å². The lowest BCUT2D eigenvalue weighted by molar-refractivity contribution is 0.157. The van der Waals surface area contributed by atoms with Crippen LogP contribution in [0.1, 0.15) is 39.0 Å². The third kappa shape index (κ3) is 2.86. The van der Waals surface area contributed by atoms with Gasteiger partial charge in [0.05, 0.1) is 6.17 Å². The summed E-state index contributed by atoms with van der Waals surface area (Å²) in [6, 6.07) is -0.00775. The number of amides is 2. The van der Waals surface area contributed by atoms with Crippen molar-refractivity contribution in [2.75, 3.05) is 19.6 Å². The van der Waals surface area contributed by atoms with Gasteiger partial charge in [0, 0.05) is 19.6 Å². The minimum Gasteiger partial charge on any atom is -0.338 e. The Hall–Kier alpha value is -0.800. The van der Waals surface area contributed by atoms with Gasteiger partial charge in [0.1, 0.15) is 0 Å². The van der Waals surface area contributed by atoms with E-state index in [0.717, 1.165) is 19.5 Å². The number of halogens is 1. The molecule has 1 heterocycles. The number of rotatable bonds is 3. The summed E-state index contributed by atoms with van der Waals surface area (Å²) >= 11 is 0. The summed E-state index contributed by atoms with van der Waals surface area (Å²) in [5, 5.41) is 2.80. The van der Waals surface area contributed by atoms with Gasteiger partial charge in [-0.25, -0.2) is 9.18 Å². The van der Waals surface area contributed by atoms with Gasteiger partial charge in [-0.15, -0.1) is 0 Å². The minimum atomic E-state index is -0.837. The molecule has 1 N–H and O–H groups in total. The van der Waals surface area contributed by atoms with Crippen molar-refractivity contribution in [1.82, 2.24) is 10.2 Å². The monoisotopic (exact) mass is 228 g/mol. The highest BCUT2D eigenvalue weighted by Gasteiger charge is 2.46. The van der Waals surface area contributed by atoms with E-state index in [1.807, 2.05) is 4.90 Å². The van der Waals surface area contributed by atoms with E-state index in [9.17, 15) is 9.18 Å². The van der Waals surface area contributed by atoms with E-state index < -0.39 is 6.17 Å². The van der Waals surface area contributed by atoms with Crippen LogP contribution in [0.25, 0.3) is 0 Å². The van der Waals surface area contributed by atoms with Crippen LogP contribution in [0.2, 0.25) is 0 Å². The molecule has 0 radical (unpaired) electrons. The number of urea groups is 1. The molecule has 0 aromatic heterocycles. The molecule has 0 aromatic carbocycles. The third-order valence-corrected chi connectivity index (χ3v) is 3.72. The number of hydrogen-bond donors (Lipinski definition) is 1. The van der Waals surface area contributed by atoms with E-state index in [-0.39, 0.29) is 6.03 Å². The molecule has 1 aliphatic carbocycles. The summed E-state index contributed by atoms with van der Waals surface area (Å²) in [6.45, 7) is 3.73. The van der Waals surface area contributed by atoms with E-state index in [4.69, 9.17) is 0 Å². The summed E-state index contributed by atoms with van der Waals surface area (Å²) in [6.07, 6.45) is 4.52. The highest BCUT2D eigenvalue weighted by molar-refractivity contribution is 5.74. The lowest BCUT2D eigenvalue weighted by atomic mass is 9.95. The van der Waals surface area contributed by atoms with Crippen molar-refractivity contribution in [3.05, 3.63) is 0 Å². The first-order chi connectivity index (χ1) is 7.61. The molecule has 2 fully saturated rings. The van der Waals surface area contributed by atoms with E-state index in [1.54, 1.807) is 0 Å². The second-order valence-electron chi connectivity index (χ2n) is 5.33. The van der Waals surface area contributed by atoms with Gasteiger partial charge in [-0.3, -0.25) is 0 Å². The van der Waals surface area contributed by atoms with Crippen LogP contribution in [0.3, 0.4) is 0 Å². The Labute approximate surface area is 96.4 Å². The number of hydrogen-bond acceptors (Lipinski definition) is 1. The summed E-state index contributed by atoms with van der Waals surface area (Å²) in [4.78, 5) is 13.7. The largest absolute Gasteiger partial charge is 0.338 e. The number of alkyl halides is 1. The highest BCUT2D eigenvalue weighted by atomic mass is 19.1. The van der Waals surface area contributed by atoms with Crippen molar-refractivity contribution in [3.8, 4) is 0 Å². The van der Waals surface area contributed by atoms with Gasteiger partial charge in [0.25, 0.3) is 0 Å². The SMILES string of the molecule is CC(F)CCNC(=O)N1CCCC2(CC2)C1. The predicted molar refractivity (Wildman–Crippen MR) is 61.1 cm³/mol. The second-order valence-corrected chi connectivity index (χ2v) is 5.33. The van der Waals surface area contributed by atoms with Gasteiger partial charge < -0.3 is 10.2 Å². The smallest absolute Gasteiger partial charge is 0.317 e. The van der Waals surface area contributed by atoms with Crippen molar-refractivity contribution < 1.29 is 9.18 Å². The molecule has 1 unspecified atom stereocenters. The summed E-state index contributed by atoms with van der Waals surface area (Å²) in [7, 11) is 0. The predicted octanol–water partition coefficient (Wildman–Crippen LogP) is 2.32. The maximum atomic E-state index is 12.6. The molecule has 2 rings (SSSR count). The summed E-state index contributed by atoms with van der Waals surface area (Å²) < 4.78 is 12.6. The van der Waals surface area contributed by atoms with Crippen molar-refractivity contribution in [2.24, 2.45) is 5.41 Å². The Kier molecular flexibility index (Phi) is 3.36. The number of likely N-dealkylation sites (tertiary alicyclic amines) is 1. The van der Waals surface area contributed by atoms with E-state index in [0.29, 0.717) is 18.4 Å². The molecular formula is C12H21FN2O. The summed E-state index contributed by atoms with van der Waals surface area (Å²) in [5.74, 6) is 0. The molecule has 1 atom stereocenters. The molecule has 0 aromatic rings. The third-order valence-electron chi connectivity index (χ3n) is 3.72. The number of piperidine rings is 1. The van der Waals surface area contributed by atoms with Crippen molar-refractivity contribution in [1.29, 1.82) is 0 Å². The molecule has 2 aliphatic rings. The molecular weight excluding hydrogens is 207 g/mol. The molecule has 3 nitrogen and oxygen atoms in total. The highest BCUT2D eigenvalue weighted by Crippen LogP contribution is 2.51. The van der Waals surface area contributed by atoms with Crippen LogP contribution < -0.4 is 5.32 Å². The average Bonchev–Trinajstić information content (AvgIpc) is 2.97. The molecule has 16 heavy (non-hydrogen) atoms. The molecule has 2 amide bonds. The van der Waals surface area contributed by atoms with Crippen LogP contribution in [0.5, 0.6) is 0 Å². The van der Waals surface area contributed by atoms with Gasteiger partial charge in [-0.1, -0.05) is 0 Å². The fourth-order valence-electron chi connectivity index (χ4n) is 2.46. The molecule has 0 bridgehead atoms. The van der Waals surface area contributed by atoms with Gasteiger partial charge >= 0.3 is 6.03 Å². The fraction of sp³-hybridized carbons (Fsp3) is 0.917. The summed E-state index contributed by atoms with van der Waals surface area (Å²) in [5.41, 5.74) is 0.461. The quantitative estimate of drug-likeness (QED) is 0.790. The normalized spacial score (nSPS) is 24.2. The number of nitrogens with one attached hydrogen (secondary N) is 1. The number of carbonyl (C=O) groups excluding carboxylic acids is 1. The molecule has 1 saturated heterocycles. The molecule has 1 saturated carbocycles. The van der Waals surface area contributed by atoms with Crippen molar-refractivity contribution in [2.45, 2.75) is 45.2 Å². The van der Waals surface area contributed by atoms with E-state index in [2.05, 4.69) is 5.32 Å². The fourth-order valence-corrected chi connectivity index (χ4v) is 2.46. The van der Waals surface area contributed by atoms with Crippen LogP contribution in [0.4, 0.5) is 9.18 Å². The molecule has 1 aliphatic heterocycles. The molecule has 4 heteroatoms. The zero-order valence-corrected chi connectivity index (χ0v) is 9.97. The molecule has 1 spiro atoms. The van der Waals surface area contributed by atoms with E-state index in [1.165, 1.54) is 26.2 Å². The van der Waals surface area contributed by atoms with Crippen LogP contribution in [0.15, 0.2) is 0 Å². The lowest BCUT2D eigenvalue weighted by Gasteiger charge is -2.33. The maximum absolute atomic E-state index is 12.6. The molecule has 92 valence electrons. The lowest BCUT2D eigenvalue weighted by Crippen LogP contribution is -2.46. The van der Waals surface area contributed by atoms with Crippen LogP contribution in [-0.4, -0.2) is 36.7 Å². The van der Waals surface area contributed by atoms with Crippen molar-refractivity contribution >= 4 is 6.03 Å². The average molecular weight is 228 g/mol. The maximum Gasteiger partial charge on any atom is 0.317 e. The Bertz CT molecular complexity index is 264. The Morgan fingerprint density at radius 1 is 1.50 bits per heavy atom. The Morgan fingerprint density at radius 3 is 2.88 bits per heavy atom. The standard InChI is InChI=1S/C12H21FN2O/c1-10(13)3-7-14-11(16)15-8-2-4-12(9-15)5-6-12/h10H,2-9H2,1H3,(H,14,16). The van der Waals surface area contributed by atoms with Crippen LogP contribution in [-0.2, 0) is 0 Å². The topological polar surface area (TPSA) is 32.3 Å². The van der Waals surface area contributed by atoms with Gasteiger partial charge in [-0.2, -0.15) is 0 Å². The zero-order valence-electron chi connectivity index (χ0n) is 9.97. The van der Waals surface area contributed by atoms with Gasteiger partial charge in [0.2, 0.25) is 0 Å². The second kappa shape index (κ2) is 4.60. The first-order valence-electron chi connectivity index (χ1n) is 6.28. The Morgan fingerprint density at radius 2 is 2.25 bits per heavy atom. The first-order valence-corrected chi connectivity index (χ1v) is 6.28. The Balaban J connectivity index is 1.72. The number of carbonyl (C=O) groups is 1. The number of nitrogens with zero attached hydrogens (tertiary/aromatic N) is 1. The first kappa shape index (κ1) is 11.7. The van der Waals surface area contributed by atoms with Crippen LogP contribution >= 0.6 is 0 Å².